The van der Waals surface area contributed by atoms with Crippen LogP contribution in [0.25, 0.3) is 5.65 Å². The molecule has 0 saturated carbocycles. The van der Waals surface area contributed by atoms with Gasteiger partial charge in [0.05, 0.1) is 18.9 Å². The van der Waals surface area contributed by atoms with Crippen molar-refractivity contribution in [3.63, 3.8) is 0 Å². The lowest BCUT2D eigenvalue weighted by Gasteiger charge is -2.06. The summed E-state index contributed by atoms with van der Waals surface area (Å²) in [6, 6.07) is 3.66. The van der Waals surface area contributed by atoms with Gasteiger partial charge in [0.15, 0.2) is 5.65 Å². The smallest absolute Gasteiger partial charge is 0.341 e. The monoisotopic (exact) mass is 248 g/mol. The molecule has 0 spiro atoms. The van der Waals surface area contributed by atoms with Gasteiger partial charge in [-0.2, -0.15) is 0 Å². The van der Waals surface area contributed by atoms with Crippen LogP contribution in [0.15, 0.2) is 18.3 Å². The van der Waals surface area contributed by atoms with Crippen LogP contribution in [0.5, 0.6) is 0 Å². The lowest BCUT2D eigenvalue weighted by molar-refractivity contribution is 0.0528. The first kappa shape index (κ1) is 12.6. The quantitative estimate of drug-likeness (QED) is 0.776. The van der Waals surface area contributed by atoms with Crippen LogP contribution in [0.3, 0.4) is 0 Å². The number of rotatable bonds is 4. The van der Waals surface area contributed by atoms with Crippen LogP contribution in [0, 0.1) is 6.92 Å². The molecular formula is C13H16N2O3. The van der Waals surface area contributed by atoms with E-state index in [1.165, 1.54) is 0 Å². The van der Waals surface area contributed by atoms with Crippen LogP contribution in [0.1, 0.15) is 28.7 Å². The van der Waals surface area contributed by atoms with Crippen LogP contribution in [0.2, 0.25) is 0 Å². The van der Waals surface area contributed by atoms with E-state index in [0.717, 1.165) is 11.4 Å². The number of carbonyl (C=O) groups excluding carboxylic acids is 1. The second-order valence-corrected chi connectivity index (χ2v) is 3.97. The molecule has 0 bridgehead atoms. The summed E-state index contributed by atoms with van der Waals surface area (Å²) in [5.74, 6) is -0.346. The fourth-order valence-electron chi connectivity index (χ4n) is 1.89. The van der Waals surface area contributed by atoms with E-state index < -0.39 is 0 Å². The molecule has 5 nitrogen and oxygen atoms in total. The summed E-state index contributed by atoms with van der Waals surface area (Å²) in [4.78, 5) is 16.2. The minimum absolute atomic E-state index is 0.346. The summed E-state index contributed by atoms with van der Waals surface area (Å²) in [6.07, 6.45) is 1.82. The van der Waals surface area contributed by atoms with Gasteiger partial charge in [-0.15, -0.1) is 0 Å². The zero-order chi connectivity index (χ0) is 13.1. The molecule has 0 amide bonds. The molecule has 96 valence electrons. The largest absolute Gasteiger partial charge is 0.462 e. The minimum Gasteiger partial charge on any atom is -0.462 e. The highest BCUT2D eigenvalue weighted by Gasteiger charge is 2.15. The Morgan fingerprint density at radius 2 is 2.28 bits per heavy atom. The first-order valence-corrected chi connectivity index (χ1v) is 5.81. The van der Waals surface area contributed by atoms with Crippen molar-refractivity contribution in [1.29, 1.82) is 0 Å². The van der Waals surface area contributed by atoms with E-state index in [-0.39, 0.29) is 5.97 Å². The van der Waals surface area contributed by atoms with Crippen molar-refractivity contribution >= 4 is 11.6 Å². The van der Waals surface area contributed by atoms with Gasteiger partial charge in [-0.1, -0.05) is 0 Å². The van der Waals surface area contributed by atoms with Crippen molar-refractivity contribution < 1.29 is 14.3 Å². The topological polar surface area (TPSA) is 52.8 Å². The van der Waals surface area contributed by atoms with Crippen LogP contribution >= 0.6 is 0 Å². The predicted molar refractivity (Wildman–Crippen MR) is 66.6 cm³/mol. The molecule has 18 heavy (non-hydrogen) atoms. The first-order chi connectivity index (χ1) is 8.67. The molecule has 0 aliphatic rings. The molecule has 0 aromatic carbocycles. The molecule has 2 aromatic rings. The van der Waals surface area contributed by atoms with Crippen LogP contribution in [-0.4, -0.2) is 29.1 Å². The molecule has 0 unspecified atom stereocenters. The third kappa shape index (κ3) is 2.22. The molecule has 2 rings (SSSR count). The number of nitrogens with zero attached hydrogens (tertiary/aromatic N) is 2. The second-order valence-electron chi connectivity index (χ2n) is 3.97. The average molecular weight is 248 g/mol. The standard InChI is InChI=1S/C13H16N2O3/c1-4-18-13(16)11-5-6-15-9(2)7-10(8-17-3)14-12(11)15/h5-7H,4,8H2,1-3H3. The SMILES string of the molecule is CCOC(=O)c1ccn2c(C)cc(COC)nc12. The number of aromatic nitrogens is 2. The zero-order valence-electron chi connectivity index (χ0n) is 10.8. The van der Waals surface area contributed by atoms with Gasteiger partial charge in [-0.3, -0.25) is 0 Å². The average Bonchev–Trinajstić information content (AvgIpc) is 2.74. The van der Waals surface area contributed by atoms with Crippen molar-refractivity contribution in [3.8, 4) is 0 Å². The maximum Gasteiger partial charge on any atom is 0.341 e. The number of hydrogen-bond donors (Lipinski definition) is 0. The summed E-state index contributed by atoms with van der Waals surface area (Å²) in [5.41, 5.74) is 2.90. The van der Waals surface area contributed by atoms with Crippen LogP contribution in [-0.2, 0) is 16.1 Å². The number of hydrogen-bond acceptors (Lipinski definition) is 4. The van der Waals surface area contributed by atoms with Gasteiger partial charge in [0.2, 0.25) is 0 Å². The van der Waals surface area contributed by atoms with Crippen molar-refractivity contribution in [3.05, 3.63) is 35.3 Å². The number of carbonyl (C=O) groups is 1. The molecule has 0 radical (unpaired) electrons. The molecule has 0 aliphatic carbocycles. The van der Waals surface area contributed by atoms with Crippen molar-refractivity contribution in [2.75, 3.05) is 13.7 Å². The Kier molecular flexibility index (Phi) is 3.62. The lowest BCUT2D eigenvalue weighted by atomic mass is 10.3. The summed E-state index contributed by atoms with van der Waals surface area (Å²) in [5, 5.41) is 0. The molecular weight excluding hydrogens is 232 g/mol. The third-order valence-corrected chi connectivity index (χ3v) is 2.65. The molecule has 2 aromatic heterocycles. The van der Waals surface area contributed by atoms with E-state index >= 15 is 0 Å². The van der Waals surface area contributed by atoms with E-state index in [1.807, 2.05) is 23.6 Å². The molecule has 0 fully saturated rings. The van der Waals surface area contributed by atoms with Gasteiger partial charge >= 0.3 is 5.97 Å². The Hall–Kier alpha value is -1.88. The maximum atomic E-state index is 11.8. The summed E-state index contributed by atoms with van der Waals surface area (Å²) in [6.45, 7) is 4.52. The van der Waals surface area contributed by atoms with Crippen LogP contribution in [0.4, 0.5) is 0 Å². The fourth-order valence-corrected chi connectivity index (χ4v) is 1.89. The summed E-state index contributed by atoms with van der Waals surface area (Å²) in [7, 11) is 1.62. The molecule has 0 atom stereocenters. The normalized spacial score (nSPS) is 10.8. The fraction of sp³-hybridized carbons (Fsp3) is 0.385. The van der Waals surface area contributed by atoms with Crippen molar-refractivity contribution in [1.82, 2.24) is 9.38 Å². The lowest BCUT2D eigenvalue weighted by Crippen LogP contribution is -2.06. The highest BCUT2D eigenvalue weighted by atomic mass is 16.5. The summed E-state index contributed by atoms with van der Waals surface area (Å²) >= 11 is 0. The minimum atomic E-state index is -0.346. The molecule has 5 heteroatoms. The highest BCUT2D eigenvalue weighted by Crippen LogP contribution is 2.15. The predicted octanol–water partition coefficient (Wildman–Crippen LogP) is 1.97. The molecule has 0 N–H and O–H groups in total. The van der Waals surface area contributed by atoms with Gasteiger partial charge in [0, 0.05) is 19.0 Å². The Morgan fingerprint density at radius 3 is 2.94 bits per heavy atom. The Labute approximate surface area is 105 Å². The van der Waals surface area contributed by atoms with E-state index in [1.54, 1.807) is 20.1 Å². The number of methoxy groups -OCH3 is 1. The Bertz CT molecular complexity index is 575. The van der Waals surface area contributed by atoms with Crippen molar-refractivity contribution in [2.45, 2.75) is 20.5 Å². The van der Waals surface area contributed by atoms with Gasteiger partial charge in [0.25, 0.3) is 0 Å². The zero-order valence-corrected chi connectivity index (χ0v) is 10.8. The summed E-state index contributed by atoms with van der Waals surface area (Å²) < 4.78 is 11.9. The van der Waals surface area contributed by atoms with E-state index in [9.17, 15) is 4.79 Å². The van der Waals surface area contributed by atoms with Crippen LogP contribution < -0.4 is 0 Å². The second kappa shape index (κ2) is 5.18. The third-order valence-electron chi connectivity index (χ3n) is 2.65. The first-order valence-electron chi connectivity index (χ1n) is 5.81. The van der Waals surface area contributed by atoms with Gasteiger partial charge in [-0.05, 0) is 26.0 Å². The van der Waals surface area contributed by atoms with Gasteiger partial charge in [0.1, 0.15) is 5.56 Å². The maximum absolute atomic E-state index is 11.8. The van der Waals surface area contributed by atoms with Crippen molar-refractivity contribution in [2.24, 2.45) is 0 Å². The number of fused-ring (bicyclic) bond motifs is 1. The highest BCUT2D eigenvalue weighted by molar-refractivity contribution is 5.96. The number of esters is 1. The van der Waals surface area contributed by atoms with Gasteiger partial charge < -0.3 is 13.9 Å². The molecule has 2 heterocycles. The van der Waals surface area contributed by atoms with Gasteiger partial charge in [-0.25, -0.2) is 9.78 Å². The van der Waals surface area contributed by atoms with E-state index in [4.69, 9.17) is 9.47 Å². The van der Waals surface area contributed by atoms with E-state index in [2.05, 4.69) is 4.98 Å². The Balaban J connectivity index is 2.52. The number of aryl methyl sites for hydroxylation is 1. The van der Waals surface area contributed by atoms with E-state index in [0.29, 0.717) is 24.4 Å². The number of ether oxygens (including phenoxy) is 2. The Morgan fingerprint density at radius 1 is 1.50 bits per heavy atom. The molecule has 0 saturated heterocycles. The molecule has 0 aliphatic heterocycles.